The van der Waals surface area contributed by atoms with Crippen molar-refractivity contribution in [3.05, 3.63) is 101 Å². The average molecular weight is 407 g/mol. The molecule has 1 aromatic heterocycles. The fourth-order valence-electron chi connectivity index (χ4n) is 3.21. The second-order valence-electron chi connectivity index (χ2n) is 7.08. The second kappa shape index (κ2) is 10.7. The normalized spacial score (nSPS) is 11.1. The Morgan fingerprint density at radius 3 is 2.55 bits per heavy atom. The molecule has 0 bridgehead atoms. The minimum atomic E-state index is 0.0350. The standard InChI is InChI=1S/C25H27ClN2O/c1-2-3-17-28(25(29)16-15-21-10-5-4-6-11-21)20-23-13-9-18-27(23)19-22-12-7-8-14-24(22)26/h4-16,18H,2-3,17,19-20H2,1H3. The van der Waals surface area contributed by atoms with Gasteiger partial charge in [0.05, 0.1) is 6.54 Å². The first kappa shape index (κ1) is 20.9. The summed E-state index contributed by atoms with van der Waals surface area (Å²) in [6.45, 7) is 4.15. The molecule has 0 saturated heterocycles. The van der Waals surface area contributed by atoms with E-state index in [-0.39, 0.29) is 5.91 Å². The number of benzene rings is 2. The number of carbonyl (C=O) groups excluding carboxylic acids is 1. The van der Waals surface area contributed by atoms with Crippen LogP contribution in [0.25, 0.3) is 6.08 Å². The van der Waals surface area contributed by atoms with Gasteiger partial charge in [0, 0.05) is 36.1 Å². The van der Waals surface area contributed by atoms with E-state index in [1.165, 1.54) is 0 Å². The molecule has 0 spiro atoms. The molecule has 29 heavy (non-hydrogen) atoms. The topological polar surface area (TPSA) is 25.2 Å². The van der Waals surface area contributed by atoms with Crippen LogP contribution < -0.4 is 0 Å². The number of hydrogen-bond acceptors (Lipinski definition) is 1. The van der Waals surface area contributed by atoms with Crippen LogP contribution in [0.5, 0.6) is 0 Å². The van der Waals surface area contributed by atoms with Gasteiger partial charge in [0.15, 0.2) is 0 Å². The van der Waals surface area contributed by atoms with E-state index in [1.807, 2.05) is 77.8 Å². The molecule has 0 aliphatic heterocycles. The van der Waals surface area contributed by atoms with Crippen LogP contribution in [-0.2, 0) is 17.9 Å². The monoisotopic (exact) mass is 406 g/mol. The summed E-state index contributed by atoms with van der Waals surface area (Å²) in [4.78, 5) is 14.8. The fourth-order valence-corrected chi connectivity index (χ4v) is 3.40. The largest absolute Gasteiger partial charge is 0.345 e. The smallest absolute Gasteiger partial charge is 0.246 e. The number of halogens is 1. The minimum Gasteiger partial charge on any atom is -0.345 e. The summed E-state index contributed by atoms with van der Waals surface area (Å²) in [5.74, 6) is 0.0350. The van der Waals surface area contributed by atoms with Gasteiger partial charge >= 0.3 is 0 Å². The Balaban J connectivity index is 1.73. The fraction of sp³-hybridized carbons (Fsp3) is 0.240. The van der Waals surface area contributed by atoms with Gasteiger partial charge in [0.1, 0.15) is 0 Å². The maximum Gasteiger partial charge on any atom is 0.246 e. The highest BCUT2D eigenvalue weighted by molar-refractivity contribution is 6.31. The molecule has 0 aliphatic carbocycles. The van der Waals surface area contributed by atoms with Gasteiger partial charge in [0.2, 0.25) is 5.91 Å². The Bertz CT molecular complexity index is 946. The van der Waals surface area contributed by atoms with Crippen molar-refractivity contribution in [2.45, 2.75) is 32.9 Å². The van der Waals surface area contributed by atoms with E-state index in [2.05, 4.69) is 17.6 Å². The molecule has 0 fully saturated rings. The zero-order valence-electron chi connectivity index (χ0n) is 16.8. The number of rotatable bonds is 9. The number of aromatic nitrogens is 1. The number of nitrogens with zero attached hydrogens (tertiary/aromatic N) is 2. The lowest BCUT2D eigenvalue weighted by Gasteiger charge is -2.22. The summed E-state index contributed by atoms with van der Waals surface area (Å²) in [6.07, 6.45) is 7.63. The molecule has 0 unspecified atom stereocenters. The second-order valence-corrected chi connectivity index (χ2v) is 7.48. The lowest BCUT2D eigenvalue weighted by molar-refractivity contribution is -0.126. The number of amides is 1. The maximum absolute atomic E-state index is 12.9. The van der Waals surface area contributed by atoms with Crippen molar-refractivity contribution in [2.24, 2.45) is 0 Å². The number of unbranched alkanes of at least 4 members (excludes halogenated alkanes) is 1. The molecular weight excluding hydrogens is 380 g/mol. The molecule has 3 rings (SSSR count). The summed E-state index contributed by atoms with van der Waals surface area (Å²) >= 11 is 6.33. The molecule has 1 amide bonds. The molecule has 150 valence electrons. The Labute approximate surface area is 178 Å². The molecule has 1 heterocycles. The lowest BCUT2D eigenvalue weighted by Crippen LogP contribution is -2.31. The van der Waals surface area contributed by atoms with Crippen molar-refractivity contribution in [1.29, 1.82) is 0 Å². The Morgan fingerprint density at radius 2 is 1.79 bits per heavy atom. The van der Waals surface area contributed by atoms with Gasteiger partial charge in [-0.15, -0.1) is 0 Å². The molecule has 3 nitrogen and oxygen atoms in total. The van der Waals surface area contributed by atoms with Crippen LogP contribution in [-0.4, -0.2) is 21.9 Å². The van der Waals surface area contributed by atoms with Gasteiger partial charge < -0.3 is 9.47 Å². The van der Waals surface area contributed by atoms with Crippen LogP contribution in [0.3, 0.4) is 0 Å². The first-order valence-electron chi connectivity index (χ1n) is 10.1. The predicted octanol–water partition coefficient (Wildman–Crippen LogP) is 6.03. The molecule has 4 heteroatoms. The van der Waals surface area contributed by atoms with Crippen molar-refractivity contribution in [3.63, 3.8) is 0 Å². The Kier molecular flexibility index (Phi) is 7.71. The van der Waals surface area contributed by atoms with Gasteiger partial charge in [-0.25, -0.2) is 0 Å². The zero-order chi connectivity index (χ0) is 20.5. The van der Waals surface area contributed by atoms with Crippen LogP contribution in [0.2, 0.25) is 5.02 Å². The lowest BCUT2D eigenvalue weighted by atomic mass is 10.2. The summed E-state index contributed by atoms with van der Waals surface area (Å²) in [5.41, 5.74) is 3.20. The Morgan fingerprint density at radius 1 is 1.03 bits per heavy atom. The SMILES string of the molecule is CCCCN(Cc1cccn1Cc1ccccc1Cl)C(=O)C=Cc1ccccc1. The van der Waals surface area contributed by atoms with E-state index in [0.29, 0.717) is 13.1 Å². The van der Waals surface area contributed by atoms with E-state index < -0.39 is 0 Å². The quantitative estimate of drug-likeness (QED) is 0.398. The maximum atomic E-state index is 12.9. The average Bonchev–Trinajstić information content (AvgIpc) is 3.18. The first-order chi connectivity index (χ1) is 14.2. The first-order valence-corrected chi connectivity index (χ1v) is 10.4. The number of carbonyl (C=O) groups is 1. The molecule has 2 aromatic carbocycles. The summed E-state index contributed by atoms with van der Waals surface area (Å²) in [5, 5.41) is 0.761. The van der Waals surface area contributed by atoms with Gasteiger partial charge in [0.25, 0.3) is 0 Å². The number of hydrogen-bond donors (Lipinski definition) is 0. The van der Waals surface area contributed by atoms with Crippen LogP contribution in [0.1, 0.15) is 36.6 Å². The van der Waals surface area contributed by atoms with E-state index in [0.717, 1.165) is 41.2 Å². The van der Waals surface area contributed by atoms with E-state index in [9.17, 15) is 4.79 Å². The molecule has 0 saturated carbocycles. The van der Waals surface area contributed by atoms with Crippen LogP contribution in [0, 0.1) is 0 Å². The van der Waals surface area contributed by atoms with Crippen molar-refractivity contribution < 1.29 is 4.79 Å². The molecule has 0 atom stereocenters. The summed E-state index contributed by atoms with van der Waals surface area (Å²) in [6, 6.07) is 21.9. The third kappa shape index (κ3) is 6.10. The third-order valence-corrected chi connectivity index (χ3v) is 5.25. The van der Waals surface area contributed by atoms with Crippen molar-refractivity contribution in [3.8, 4) is 0 Å². The highest BCUT2D eigenvalue weighted by Gasteiger charge is 2.14. The molecular formula is C25H27ClN2O. The van der Waals surface area contributed by atoms with Crippen LogP contribution >= 0.6 is 11.6 Å². The highest BCUT2D eigenvalue weighted by atomic mass is 35.5. The zero-order valence-corrected chi connectivity index (χ0v) is 17.6. The summed E-state index contributed by atoms with van der Waals surface area (Å²) in [7, 11) is 0. The molecule has 0 radical (unpaired) electrons. The van der Waals surface area contributed by atoms with Crippen molar-refractivity contribution >= 4 is 23.6 Å². The minimum absolute atomic E-state index is 0.0350. The Hall–Kier alpha value is -2.78. The van der Waals surface area contributed by atoms with Crippen molar-refractivity contribution in [1.82, 2.24) is 9.47 Å². The van der Waals surface area contributed by atoms with E-state index >= 15 is 0 Å². The van der Waals surface area contributed by atoms with Crippen LogP contribution in [0.15, 0.2) is 79.0 Å². The van der Waals surface area contributed by atoms with Gasteiger partial charge in [-0.1, -0.05) is 73.5 Å². The van der Waals surface area contributed by atoms with E-state index in [4.69, 9.17) is 11.6 Å². The molecule has 0 N–H and O–H groups in total. The van der Waals surface area contributed by atoms with Gasteiger partial charge in [-0.2, -0.15) is 0 Å². The summed E-state index contributed by atoms with van der Waals surface area (Å²) < 4.78 is 2.16. The highest BCUT2D eigenvalue weighted by Crippen LogP contribution is 2.18. The van der Waals surface area contributed by atoms with Crippen molar-refractivity contribution in [2.75, 3.05) is 6.54 Å². The molecule has 3 aromatic rings. The van der Waals surface area contributed by atoms with Crippen LogP contribution in [0.4, 0.5) is 0 Å². The van der Waals surface area contributed by atoms with Gasteiger partial charge in [-0.05, 0) is 41.8 Å². The molecule has 0 aliphatic rings. The van der Waals surface area contributed by atoms with E-state index in [1.54, 1.807) is 6.08 Å². The van der Waals surface area contributed by atoms with Gasteiger partial charge in [-0.3, -0.25) is 4.79 Å². The third-order valence-electron chi connectivity index (χ3n) is 4.89. The predicted molar refractivity (Wildman–Crippen MR) is 121 cm³/mol.